The maximum atomic E-state index is 12.6. The summed E-state index contributed by atoms with van der Waals surface area (Å²) in [6.07, 6.45) is 9.67. The van der Waals surface area contributed by atoms with E-state index in [4.69, 9.17) is 0 Å². The van der Waals surface area contributed by atoms with Crippen LogP contribution in [-0.2, 0) is 13.5 Å². The summed E-state index contributed by atoms with van der Waals surface area (Å²) in [7, 11) is 1.89. The Kier molecular flexibility index (Phi) is 4.26. The lowest BCUT2D eigenvalue weighted by Crippen LogP contribution is -2.32. The van der Waals surface area contributed by atoms with E-state index in [0.29, 0.717) is 11.6 Å². The molecule has 0 bridgehead atoms. The number of aromatic amines is 1. The van der Waals surface area contributed by atoms with E-state index in [2.05, 4.69) is 33.4 Å². The molecule has 0 aliphatic carbocycles. The van der Waals surface area contributed by atoms with Crippen LogP contribution in [-0.4, -0.2) is 43.6 Å². The lowest BCUT2D eigenvalue weighted by Gasteiger charge is -2.19. The van der Waals surface area contributed by atoms with Crippen LogP contribution in [0.1, 0.15) is 35.3 Å². The SMILES string of the molecule is Cn1cnc(C(=O)N2CCC[C@H](Cc3ccc4[nH]ncc4c3)CC2)c1. The normalized spacial score (nSPS) is 18.4. The molecule has 1 amide bonds. The minimum Gasteiger partial charge on any atom is -0.340 e. The van der Waals surface area contributed by atoms with Crippen molar-refractivity contribution in [3.8, 4) is 0 Å². The van der Waals surface area contributed by atoms with E-state index in [1.54, 1.807) is 12.5 Å². The molecule has 1 fully saturated rings. The van der Waals surface area contributed by atoms with Crippen LogP contribution < -0.4 is 0 Å². The monoisotopic (exact) mass is 337 g/mol. The molecule has 0 radical (unpaired) electrons. The number of imidazole rings is 1. The molecular weight excluding hydrogens is 314 g/mol. The molecule has 0 unspecified atom stereocenters. The maximum absolute atomic E-state index is 12.6. The third-order valence-corrected chi connectivity index (χ3v) is 5.09. The number of nitrogens with one attached hydrogen (secondary N) is 1. The van der Waals surface area contributed by atoms with E-state index in [0.717, 1.165) is 49.7 Å². The predicted molar refractivity (Wildman–Crippen MR) is 96.3 cm³/mol. The van der Waals surface area contributed by atoms with E-state index in [1.807, 2.05) is 22.7 Å². The van der Waals surface area contributed by atoms with Gasteiger partial charge in [0.2, 0.25) is 0 Å². The standard InChI is InChI=1S/C19H23N5O/c1-23-12-18(20-13-23)19(25)24-7-2-3-14(6-8-24)9-15-4-5-17-16(10-15)11-21-22-17/h4-5,10-14H,2-3,6-9H2,1H3,(H,21,22)/t14-/m0/s1. The van der Waals surface area contributed by atoms with Crippen molar-refractivity contribution in [1.82, 2.24) is 24.6 Å². The summed E-state index contributed by atoms with van der Waals surface area (Å²) in [6.45, 7) is 1.64. The molecule has 1 aliphatic heterocycles. The fourth-order valence-corrected chi connectivity index (χ4v) is 3.71. The second-order valence-corrected chi connectivity index (χ2v) is 7.01. The topological polar surface area (TPSA) is 66.8 Å². The van der Waals surface area contributed by atoms with Crippen LogP contribution in [0.15, 0.2) is 36.9 Å². The summed E-state index contributed by atoms with van der Waals surface area (Å²) in [5.74, 6) is 0.673. The van der Waals surface area contributed by atoms with Crippen molar-refractivity contribution >= 4 is 16.8 Å². The van der Waals surface area contributed by atoms with Gasteiger partial charge in [-0.2, -0.15) is 5.10 Å². The smallest absolute Gasteiger partial charge is 0.274 e. The molecule has 3 aromatic rings. The first-order chi connectivity index (χ1) is 12.2. The van der Waals surface area contributed by atoms with Gasteiger partial charge in [-0.05, 0) is 49.3 Å². The van der Waals surface area contributed by atoms with E-state index < -0.39 is 0 Å². The summed E-state index contributed by atoms with van der Waals surface area (Å²) in [6, 6.07) is 6.51. The van der Waals surface area contributed by atoms with Crippen LogP contribution in [0.3, 0.4) is 0 Å². The Morgan fingerprint density at radius 3 is 3.08 bits per heavy atom. The number of fused-ring (bicyclic) bond motifs is 1. The maximum Gasteiger partial charge on any atom is 0.274 e. The van der Waals surface area contributed by atoms with Gasteiger partial charge in [-0.3, -0.25) is 9.89 Å². The highest BCUT2D eigenvalue weighted by Gasteiger charge is 2.23. The Morgan fingerprint density at radius 1 is 1.32 bits per heavy atom. The zero-order chi connectivity index (χ0) is 17.2. The van der Waals surface area contributed by atoms with Gasteiger partial charge >= 0.3 is 0 Å². The highest BCUT2D eigenvalue weighted by atomic mass is 16.2. The molecule has 1 saturated heterocycles. The summed E-state index contributed by atoms with van der Waals surface area (Å²) in [5.41, 5.74) is 2.98. The number of nitrogens with zero attached hydrogens (tertiary/aromatic N) is 4. The molecule has 1 atom stereocenters. The number of carbonyl (C=O) groups is 1. The van der Waals surface area contributed by atoms with Crippen molar-refractivity contribution in [3.63, 3.8) is 0 Å². The number of benzene rings is 1. The van der Waals surface area contributed by atoms with Crippen molar-refractivity contribution in [2.45, 2.75) is 25.7 Å². The molecular formula is C19H23N5O. The Balaban J connectivity index is 1.39. The average Bonchev–Trinajstić information content (AvgIpc) is 3.18. The quantitative estimate of drug-likeness (QED) is 0.799. The van der Waals surface area contributed by atoms with E-state index >= 15 is 0 Å². The molecule has 0 saturated carbocycles. The first-order valence-electron chi connectivity index (χ1n) is 8.88. The van der Waals surface area contributed by atoms with Crippen LogP contribution in [0.4, 0.5) is 0 Å². The zero-order valence-corrected chi connectivity index (χ0v) is 14.5. The summed E-state index contributed by atoms with van der Waals surface area (Å²) >= 11 is 0. The number of amides is 1. The number of hydrogen-bond acceptors (Lipinski definition) is 3. The van der Waals surface area contributed by atoms with Gasteiger partial charge in [0.1, 0.15) is 5.69 Å². The third kappa shape index (κ3) is 3.43. The first-order valence-corrected chi connectivity index (χ1v) is 8.88. The zero-order valence-electron chi connectivity index (χ0n) is 14.5. The minimum atomic E-state index is 0.0565. The molecule has 2 aromatic heterocycles. The van der Waals surface area contributed by atoms with E-state index in [9.17, 15) is 4.79 Å². The fraction of sp³-hybridized carbons (Fsp3) is 0.421. The number of rotatable bonds is 3. The highest BCUT2D eigenvalue weighted by Crippen LogP contribution is 2.24. The molecule has 6 nitrogen and oxygen atoms in total. The minimum absolute atomic E-state index is 0.0565. The lowest BCUT2D eigenvalue weighted by molar-refractivity contribution is 0.0754. The lowest BCUT2D eigenvalue weighted by atomic mass is 9.92. The van der Waals surface area contributed by atoms with Gasteiger partial charge in [-0.1, -0.05) is 6.07 Å². The molecule has 130 valence electrons. The summed E-state index contributed by atoms with van der Waals surface area (Å²) in [5, 5.41) is 8.25. The third-order valence-electron chi connectivity index (χ3n) is 5.09. The molecule has 1 N–H and O–H groups in total. The Morgan fingerprint density at radius 2 is 2.24 bits per heavy atom. The highest BCUT2D eigenvalue weighted by molar-refractivity contribution is 5.92. The van der Waals surface area contributed by atoms with Gasteiger partial charge in [0.15, 0.2) is 0 Å². The predicted octanol–water partition coefficient (Wildman–Crippen LogP) is 2.78. The van der Waals surface area contributed by atoms with Crippen molar-refractivity contribution in [1.29, 1.82) is 0 Å². The second kappa shape index (κ2) is 6.70. The Bertz CT molecular complexity index is 881. The number of likely N-dealkylation sites (tertiary alicyclic amines) is 1. The molecule has 3 heterocycles. The number of hydrogen-bond donors (Lipinski definition) is 1. The number of aromatic nitrogens is 4. The number of carbonyl (C=O) groups excluding carboxylic acids is 1. The van der Waals surface area contributed by atoms with Crippen LogP contribution in [0, 0.1) is 5.92 Å². The van der Waals surface area contributed by atoms with Gasteiger partial charge in [0.25, 0.3) is 5.91 Å². The van der Waals surface area contributed by atoms with Crippen LogP contribution in [0.5, 0.6) is 0 Å². The first kappa shape index (κ1) is 15.9. The van der Waals surface area contributed by atoms with Crippen LogP contribution in [0.2, 0.25) is 0 Å². The van der Waals surface area contributed by atoms with Crippen LogP contribution in [0.25, 0.3) is 10.9 Å². The molecule has 1 aromatic carbocycles. The van der Waals surface area contributed by atoms with Gasteiger partial charge in [-0.25, -0.2) is 4.98 Å². The van der Waals surface area contributed by atoms with E-state index in [1.165, 1.54) is 5.56 Å². The molecule has 0 spiro atoms. The van der Waals surface area contributed by atoms with Gasteiger partial charge in [0, 0.05) is 31.7 Å². The van der Waals surface area contributed by atoms with Crippen LogP contribution >= 0.6 is 0 Å². The largest absolute Gasteiger partial charge is 0.340 e. The van der Waals surface area contributed by atoms with Crippen molar-refractivity contribution in [2.75, 3.05) is 13.1 Å². The van der Waals surface area contributed by atoms with Gasteiger partial charge in [0.05, 0.1) is 18.0 Å². The Hall–Kier alpha value is -2.63. The van der Waals surface area contributed by atoms with Gasteiger partial charge in [-0.15, -0.1) is 0 Å². The van der Waals surface area contributed by atoms with Gasteiger partial charge < -0.3 is 9.47 Å². The number of aryl methyl sites for hydroxylation is 1. The average molecular weight is 337 g/mol. The summed E-state index contributed by atoms with van der Waals surface area (Å²) in [4.78, 5) is 18.7. The van der Waals surface area contributed by atoms with Crippen molar-refractivity contribution < 1.29 is 4.79 Å². The molecule has 4 rings (SSSR count). The van der Waals surface area contributed by atoms with Crippen molar-refractivity contribution in [2.24, 2.45) is 13.0 Å². The summed E-state index contributed by atoms with van der Waals surface area (Å²) < 4.78 is 1.82. The second-order valence-electron chi connectivity index (χ2n) is 7.01. The fourth-order valence-electron chi connectivity index (χ4n) is 3.71. The van der Waals surface area contributed by atoms with E-state index in [-0.39, 0.29) is 5.91 Å². The Labute approximate surface area is 146 Å². The number of H-pyrrole nitrogens is 1. The van der Waals surface area contributed by atoms with Crippen molar-refractivity contribution in [3.05, 3.63) is 48.2 Å². The molecule has 6 heteroatoms. The molecule has 1 aliphatic rings. The molecule has 25 heavy (non-hydrogen) atoms.